The molecule has 6 N–H and O–H groups in total. The van der Waals surface area contributed by atoms with Crippen molar-refractivity contribution in [3.8, 4) is 0 Å². The Labute approximate surface area is 290 Å². The quantitative estimate of drug-likeness (QED) is 0.0257. The van der Waals surface area contributed by atoms with E-state index >= 15 is 0 Å². The molecule has 8 atom stereocenters. The molecular formula is C35H57O13P. The topological polar surface area (TPSA) is 210 Å². The van der Waals surface area contributed by atoms with Crippen LogP contribution in [-0.4, -0.2) is 98.3 Å². The van der Waals surface area contributed by atoms with E-state index in [4.69, 9.17) is 18.5 Å². The maximum absolute atomic E-state index is 12.7. The molecule has 0 aromatic rings. The molecule has 0 aliphatic heterocycles. The van der Waals surface area contributed by atoms with E-state index in [0.29, 0.717) is 12.8 Å². The number of aliphatic hydroxyl groups excluding tert-OH is 5. The van der Waals surface area contributed by atoms with E-state index in [0.717, 1.165) is 51.4 Å². The SMILES string of the molecule is CC/C=C/C=C/C=C/C=C/CCCCCC(=O)OC(COC(=O)CC/C=C/CCCCC)COP(=O)(O)OC1C(O)C(O)C(O)[C@@H](O)C1O. The van der Waals surface area contributed by atoms with Crippen LogP contribution in [0.2, 0.25) is 0 Å². The molecule has 0 spiro atoms. The molecule has 1 saturated carbocycles. The van der Waals surface area contributed by atoms with Crippen molar-refractivity contribution in [2.24, 2.45) is 0 Å². The summed E-state index contributed by atoms with van der Waals surface area (Å²) in [5.41, 5.74) is 0. The normalized spacial score (nSPS) is 25.1. The molecule has 1 rings (SSSR count). The second kappa shape index (κ2) is 26.4. The molecule has 0 radical (unpaired) electrons. The number of ether oxygens (including phenoxy) is 2. The van der Waals surface area contributed by atoms with Crippen LogP contribution < -0.4 is 0 Å². The Morgan fingerprint density at radius 1 is 0.653 bits per heavy atom. The third-order valence-electron chi connectivity index (χ3n) is 7.45. The number of hydrogen-bond acceptors (Lipinski definition) is 12. The van der Waals surface area contributed by atoms with Crippen molar-refractivity contribution in [1.29, 1.82) is 0 Å². The minimum Gasteiger partial charge on any atom is -0.462 e. The van der Waals surface area contributed by atoms with Gasteiger partial charge in [0, 0.05) is 12.8 Å². The highest BCUT2D eigenvalue weighted by Crippen LogP contribution is 2.47. The summed E-state index contributed by atoms with van der Waals surface area (Å²) < 4.78 is 33.0. The van der Waals surface area contributed by atoms with Crippen molar-refractivity contribution in [3.05, 3.63) is 60.8 Å². The highest BCUT2D eigenvalue weighted by molar-refractivity contribution is 7.47. The van der Waals surface area contributed by atoms with Crippen LogP contribution in [0.15, 0.2) is 60.8 Å². The molecule has 1 aliphatic carbocycles. The highest BCUT2D eigenvalue weighted by atomic mass is 31.2. The Bertz CT molecular complexity index is 1100. The van der Waals surface area contributed by atoms with Crippen LogP contribution >= 0.6 is 7.82 Å². The zero-order valence-corrected chi connectivity index (χ0v) is 29.6. The number of hydrogen-bond donors (Lipinski definition) is 6. The smallest absolute Gasteiger partial charge is 0.462 e. The second-order valence-electron chi connectivity index (χ2n) is 11.7. The van der Waals surface area contributed by atoms with Gasteiger partial charge in [0.1, 0.15) is 43.2 Å². The first kappa shape index (κ1) is 44.6. The Morgan fingerprint density at radius 2 is 1.22 bits per heavy atom. The first-order chi connectivity index (χ1) is 23.4. The van der Waals surface area contributed by atoms with Gasteiger partial charge >= 0.3 is 19.8 Å². The second-order valence-corrected chi connectivity index (χ2v) is 13.1. The maximum Gasteiger partial charge on any atom is 0.472 e. The first-order valence-corrected chi connectivity index (χ1v) is 18.6. The lowest BCUT2D eigenvalue weighted by atomic mass is 9.85. The zero-order chi connectivity index (χ0) is 36.5. The fourth-order valence-electron chi connectivity index (χ4n) is 4.61. The maximum atomic E-state index is 12.7. The van der Waals surface area contributed by atoms with Crippen LogP contribution in [-0.2, 0) is 32.7 Å². The average molecular weight is 717 g/mol. The molecule has 0 saturated heterocycles. The molecule has 13 nitrogen and oxygen atoms in total. The molecule has 1 fully saturated rings. The summed E-state index contributed by atoms with van der Waals surface area (Å²) in [4.78, 5) is 35.1. The fraction of sp³-hybridized carbons (Fsp3) is 0.657. The summed E-state index contributed by atoms with van der Waals surface area (Å²) in [6.07, 6.45) is 15.0. The Kier molecular flexibility index (Phi) is 24.0. The van der Waals surface area contributed by atoms with E-state index in [2.05, 4.69) is 19.9 Å². The third-order valence-corrected chi connectivity index (χ3v) is 8.44. The predicted octanol–water partition coefficient (Wildman–Crippen LogP) is 4.26. The summed E-state index contributed by atoms with van der Waals surface area (Å²) in [5.74, 6) is -1.22. The van der Waals surface area contributed by atoms with Gasteiger partial charge in [-0.2, -0.15) is 0 Å². The molecule has 0 bridgehead atoms. The van der Waals surface area contributed by atoms with E-state index in [-0.39, 0.29) is 12.8 Å². The molecule has 0 amide bonds. The van der Waals surface area contributed by atoms with Gasteiger partial charge in [0.05, 0.1) is 6.61 Å². The lowest BCUT2D eigenvalue weighted by Gasteiger charge is -2.41. The summed E-state index contributed by atoms with van der Waals surface area (Å²) in [6.45, 7) is 2.94. The molecular weight excluding hydrogens is 659 g/mol. The van der Waals surface area contributed by atoms with Crippen LogP contribution in [0.25, 0.3) is 0 Å². The monoisotopic (exact) mass is 716 g/mol. The van der Waals surface area contributed by atoms with Gasteiger partial charge in [-0.05, 0) is 44.9 Å². The highest BCUT2D eigenvalue weighted by Gasteiger charge is 2.51. The summed E-state index contributed by atoms with van der Waals surface area (Å²) in [5, 5.41) is 49.7. The Morgan fingerprint density at radius 3 is 1.88 bits per heavy atom. The summed E-state index contributed by atoms with van der Waals surface area (Å²) in [7, 11) is -5.12. The molecule has 280 valence electrons. The minimum atomic E-state index is -5.12. The third kappa shape index (κ3) is 20.1. The average Bonchev–Trinajstić information content (AvgIpc) is 3.07. The number of phosphoric ester groups is 1. The first-order valence-electron chi connectivity index (χ1n) is 17.1. The van der Waals surface area contributed by atoms with Crippen LogP contribution in [0.5, 0.6) is 0 Å². The predicted molar refractivity (Wildman–Crippen MR) is 184 cm³/mol. The molecule has 0 aromatic carbocycles. The van der Waals surface area contributed by atoms with E-state index in [1.165, 1.54) is 0 Å². The van der Waals surface area contributed by atoms with E-state index in [1.54, 1.807) is 0 Å². The Hall–Kier alpha value is -2.45. The largest absolute Gasteiger partial charge is 0.472 e. The van der Waals surface area contributed by atoms with Gasteiger partial charge in [-0.3, -0.25) is 18.6 Å². The molecule has 14 heteroatoms. The minimum absolute atomic E-state index is 0.0405. The standard InChI is InChI=1S/C35H57O13P/c1-3-5-7-9-11-12-13-14-15-16-18-20-22-24-29(37)47-27(25-45-28(36)23-21-19-17-10-8-6-4-2)26-46-49(43,44)48-35-33(41)31(39)30(38)32(40)34(35)42/h5,7,9,11-15,17,19,27,30-35,38-42H,3-4,6,8,10,16,18,20-26H2,1-2H3,(H,43,44)/b7-5+,11-9+,13-12+,15-14+,19-17+/t27?,30?,31-,32?,33?,34?,35?/m1/s1. The van der Waals surface area contributed by atoms with E-state index in [1.807, 2.05) is 54.7 Å². The van der Waals surface area contributed by atoms with Crippen LogP contribution in [0, 0.1) is 0 Å². The van der Waals surface area contributed by atoms with Crippen molar-refractivity contribution < 1.29 is 63.1 Å². The molecule has 0 heterocycles. The van der Waals surface area contributed by atoms with Crippen LogP contribution in [0.4, 0.5) is 0 Å². The number of unbranched alkanes of at least 4 members (excludes halogenated alkanes) is 6. The van der Waals surface area contributed by atoms with Gasteiger partial charge in [-0.15, -0.1) is 0 Å². The van der Waals surface area contributed by atoms with Gasteiger partial charge in [0.25, 0.3) is 0 Å². The fourth-order valence-corrected chi connectivity index (χ4v) is 5.58. The number of rotatable bonds is 25. The van der Waals surface area contributed by atoms with Crippen molar-refractivity contribution in [2.45, 2.75) is 134 Å². The van der Waals surface area contributed by atoms with Crippen molar-refractivity contribution in [1.82, 2.24) is 0 Å². The van der Waals surface area contributed by atoms with Crippen LogP contribution in [0.3, 0.4) is 0 Å². The van der Waals surface area contributed by atoms with E-state index < -0.39 is 75.7 Å². The van der Waals surface area contributed by atoms with E-state index in [9.17, 15) is 44.6 Å². The van der Waals surface area contributed by atoms with Gasteiger partial charge in [0.2, 0.25) is 0 Å². The van der Waals surface area contributed by atoms with Crippen LogP contribution in [0.1, 0.15) is 90.9 Å². The molecule has 1 aliphatic rings. The summed E-state index contributed by atoms with van der Waals surface area (Å²) in [6, 6.07) is 0. The van der Waals surface area contributed by atoms with Crippen molar-refractivity contribution in [2.75, 3.05) is 13.2 Å². The number of aliphatic hydroxyl groups is 5. The molecule has 49 heavy (non-hydrogen) atoms. The Balaban J connectivity index is 2.65. The summed E-state index contributed by atoms with van der Waals surface area (Å²) >= 11 is 0. The number of allylic oxidation sites excluding steroid dienone is 10. The molecule has 0 aromatic heterocycles. The number of esters is 2. The number of carbonyl (C=O) groups excluding carboxylic acids is 2. The van der Waals surface area contributed by atoms with Gasteiger partial charge in [-0.25, -0.2) is 4.57 Å². The van der Waals surface area contributed by atoms with Gasteiger partial charge in [0.15, 0.2) is 6.10 Å². The number of phosphoric acid groups is 1. The van der Waals surface area contributed by atoms with Crippen molar-refractivity contribution in [3.63, 3.8) is 0 Å². The van der Waals surface area contributed by atoms with Gasteiger partial charge < -0.3 is 39.9 Å². The zero-order valence-electron chi connectivity index (χ0n) is 28.7. The van der Waals surface area contributed by atoms with Gasteiger partial charge in [-0.1, -0.05) is 93.9 Å². The lowest BCUT2D eigenvalue weighted by Crippen LogP contribution is -2.64. The van der Waals surface area contributed by atoms with Crippen molar-refractivity contribution >= 4 is 19.8 Å². The lowest BCUT2D eigenvalue weighted by molar-refractivity contribution is -0.220. The number of carbonyl (C=O) groups is 2. The molecule has 7 unspecified atom stereocenters.